The molecule has 0 saturated carbocycles. The van der Waals surface area contributed by atoms with Gasteiger partial charge in [-0.3, -0.25) is 19.9 Å². The number of hydrogen-bond acceptors (Lipinski definition) is 6. The molecule has 1 atom stereocenters. The molecule has 0 aliphatic carbocycles. The molecule has 0 saturated heterocycles. The van der Waals surface area contributed by atoms with Gasteiger partial charge in [0.1, 0.15) is 0 Å². The predicted molar refractivity (Wildman–Crippen MR) is 220 cm³/mol. The number of allylic oxidation sites excluding steroid dienone is 1. The maximum Gasteiger partial charge on any atom is 0.0992 e. The molecule has 7 heteroatoms. The summed E-state index contributed by atoms with van der Waals surface area (Å²) in [5, 5.41) is 25.9. The van der Waals surface area contributed by atoms with Crippen molar-refractivity contribution < 1.29 is 0 Å². The Morgan fingerprint density at radius 2 is 1.22 bits per heavy atom. The first-order valence-electron chi connectivity index (χ1n) is 18.1. The lowest BCUT2D eigenvalue weighted by atomic mass is 9.92. The van der Waals surface area contributed by atoms with Crippen LogP contribution in [-0.4, -0.2) is 25.7 Å². The minimum atomic E-state index is -0.172. The lowest BCUT2D eigenvalue weighted by Gasteiger charge is -2.15. The normalized spacial score (nSPS) is 13.9. The molecule has 9 aromatic rings. The highest BCUT2D eigenvalue weighted by Crippen LogP contribution is 2.46. The van der Waals surface area contributed by atoms with Gasteiger partial charge in [0.2, 0.25) is 0 Å². The van der Waals surface area contributed by atoms with E-state index in [1.165, 1.54) is 10.8 Å². The maximum absolute atomic E-state index is 9.47. The number of pyridine rings is 3. The van der Waals surface area contributed by atoms with E-state index in [2.05, 4.69) is 124 Å². The van der Waals surface area contributed by atoms with Crippen molar-refractivity contribution in [1.82, 2.24) is 19.5 Å². The molecule has 1 aliphatic rings. The van der Waals surface area contributed by atoms with Gasteiger partial charge >= 0.3 is 0 Å². The lowest BCUT2D eigenvalue weighted by molar-refractivity contribution is 0.700. The van der Waals surface area contributed by atoms with E-state index in [1.807, 2.05) is 30.6 Å². The molecule has 0 N–H and O–H groups in total. The van der Waals surface area contributed by atoms with Gasteiger partial charge in [0.05, 0.1) is 51.9 Å². The molecule has 0 radical (unpaired) electrons. The largest absolute Gasteiger partial charge is 0.309 e. The topological polar surface area (TPSA) is 104 Å². The third-order valence-electron chi connectivity index (χ3n) is 10.6. The summed E-state index contributed by atoms with van der Waals surface area (Å²) in [5.41, 5.74) is 10.9. The van der Waals surface area contributed by atoms with Crippen LogP contribution in [0.1, 0.15) is 23.7 Å². The van der Waals surface area contributed by atoms with Crippen molar-refractivity contribution in [3.63, 3.8) is 0 Å². The second kappa shape index (κ2) is 13.0. The SMILES string of the molecule is N#CC1=CC=NC(c2ccc(-c3cc4c(c5ccccc35)c3c5ccccc5c(-c5ccc(-c6cc(C#N)ccn6)nc5)cc3n4-c3ccccc3)cn2)C1. The molecule has 0 spiro atoms. The molecule has 0 bridgehead atoms. The number of dihydropyridines is 1. The predicted octanol–water partition coefficient (Wildman–Crippen LogP) is 11.1. The summed E-state index contributed by atoms with van der Waals surface area (Å²) in [6, 6.07) is 48.4. The summed E-state index contributed by atoms with van der Waals surface area (Å²) < 4.78 is 2.38. The number of aromatic nitrogens is 4. The number of rotatable bonds is 5. The third-order valence-corrected chi connectivity index (χ3v) is 10.6. The van der Waals surface area contributed by atoms with Crippen LogP contribution in [0.2, 0.25) is 0 Å². The van der Waals surface area contributed by atoms with Gasteiger partial charge in [-0.1, -0.05) is 78.9 Å². The summed E-state index contributed by atoms with van der Waals surface area (Å²) in [7, 11) is 0. The summed E-state index contributed by atoms with van der Waals surface area (Å²) in [5.74, 6) is 0. The van der Waals surface area contributed by atoms with Gasteiger partial charge in [-0.2, -0.15) is 10.5 Å². The fourth-order valence-electron chi connectivity index (χ4n) is 8.00. The standard InChI is InChI=1S/C48H29N7/c49-26-30-18-20-51-43(22-30)41-16-14-32(28-53-41)39-24-45-47(37-12-6-4-10-35(37)39)48-38-13-7-5-11-36(38)40(25-46(48)55(45)34-8-2-1-3-9-34)33-15-17-42(54-29-33)44-23-31(27-50)19-21-52-44/h1-22,24-25,28-29,44H,23H2. The highest BCUT2D eigenvalue weighted by molar-refractivity contribution is 6.31. The van der Waals surface area contributed by atoms with E-state index in [0.29, 0.717) is 28.9 Å². The lowest BCUT2D eigenvalue weighted by Crippen LogP contribution is -2.04. The monoisotopic (exact) mass is 703 g/mol. The first kappa shape index (κ1) is 32.0. The smallest absolute Gasteiger partial charge is 0.0992 e. The van der Waals surface area contributed by atoms with E-state index in [0.717, 1.165) is 66.2 Å². The molecule has 256 valence electrons. The Bertz CT molecular complexity index is 3130. The molecule has 1 aliphatic heterocycles. The number of hydrogen-bond donors (Lipinski definition) is 0. The summed E-state index contributed by atoms with van der Waals surface area (Å²) in [6.45, 7) is 0. The Hall–Kier alpha value is -7.74. The van der Waals surface area contributed by atoms with Crippen molar-refractivity contribution in [2.24, 2.45) is 4.99 Å². The zero-order valence-corrected chi connectivity index (χ0v) is 29.4. The van der Waals surface area contributed by atoms with Crippen LogP contribution in [0.4, 0.5) is 0 Å². The van der Waals surface area contributed by atoms with Crippen molar-refractivity contribution in [2.45, 2.75) is 12.5 Å². The summed E-state index contributed by atoms with van der Waals surface area (Å²) in [4.78, 5) is 18.8. The van der Waals surface area contributed by atoms with Crippen LogP contribution in [-0.2, 0) is 0 Å². The van der Waals surface area contributed by atoms with Gasteiger partial charge in [-0.05, 0) is 87.3 Å². The molecule has 7 nitrogen and oxygen atoms in total. The highest BCUT2D eigenvalue weighted by Gasteiger charge is 2.22. The van der Waals surface area contributed by atoms with E-state index in [4.69, 9.17) is 9.97 Å². The molecule has 0 amide bonds. The van der Waals surface area contributed by atoms with Gasteiger partial charge in [0, 0.05) is 64.4 Å². The Morgan fingerprint density at radius 1 is 0.582 bits per heavy atom. The third kappa shape index (κ3) is 5.34. The Labute approximate surface area is 316 Å². The minimum absolute atomic E-state index is 0.172. The Balaban J connectivity index is 1.22. The van der Waals surface area contributed by atoms with Gasteiger partial charge < -0.3 is 4.57 Å². The minimum Gasteiger partial charge on any atom is -0.309 e. The highest BCUT2D eigenvalue weighted by atomic mass is 15.0. The van der Waals surface area contributed by atoms with Crippen LogP contribution in [0.5, 0.6) is 0 Å². The van der Waals surface area contributed by atoms with E-state index < -0.39 is 0 Å². The van der Waals surface area contributed by atoms with Gasteiger partial charge in [-0.25, -0.2) is 0 Å². The van der Waals surface area contributed by atoms with Gasteiger partial charge in [0.25, 0.3) is 0 Å². The number of fused-ring (bicyclic) bond motifs is 7. The van der Waals surface area contributed by atoms with Crippen molar-refractivity contribution in [2.75, 3.05) is 0 Å². The number of aliphatic imine (C=N–C) groups is 1. The zero-order chi connectivity index (χ0) is 36.9. The average Bonchev–Trinajstić information content (AvgIpc) is 3.61. The van der Waals surface area contributed by atoms with E-state index in [-0.39, 0.29) is 6.04 Å². The molecule has 5 aromatic carbocycles. The van der Waals surface area contributed by atoms with E-state index in [9.17, 15) is 10.5 Å². The Morgan fingerprint density at radius 3 is 1.82 bits per heavy atom. The van der Waals surface area contributed by atoms with E-state index in [1.54, 1.807) is 30.6 Å². The van der Waals surface area contributed by atoms with Crippen molar-refractivity contribution in [3.8, 4) is 51.5 Å². The van der Waals surface area contributed by atoms with Crippen LogP contribution in [0.3, 0.4) is 0 Å². The molecule has 1 unspecified atom stereocenters. The number of benzene rings is 5. The maximum atomic E-state index is 9.47. The second-order valence-corrected chi connectivity index (χ2v) is 13.7. The molecule has 4 aromatic heterocycles. The van der Waals surface area contributed by atoms with Gasteiger partial charge in [0.15, 0.2) is 0 Å². The molecular formula is C48H29N7. The van der Waals surface area contributed by atoms with Crippen LogP contribution < -0.4 is 0 Å². The van der Waals surface area contributed by atoms with Crippen molar-refractivity contribution in [1.29, 1.82) is 10.5 Å². The zero-order valence-electron chi connectivity index (χ0n) is 29.4. The number of nitriles is 2. The number of para-hydroxylation sites is 1. The van der Waals surface area contributed by atoms with Crippen LogP contribution >= 0.6 is 0 Å². The molecule has 0 fully saturated rings. The average molecular weight is 704 g/mol. The fraction of sp³-hybridized carbons (Fsp3) is 0.0417. The van der Waals surface area contributed by atoms with Crippen LogP contribution in [0.15, 0.2) is 163 Å². The van der Waals surface area contributed by atoms with Gasteiger partial charge in [-0.15, -0.1) is 0 Å². The molecular weight excluding hydrogens is 675 g/mol. The van der Waals surface area contributed by atoms with Crippen molar-refractivity contribution in [3.05, 3.63) is 169 Å². The van der Waals surface area contributed by atoms with E-state index >= 15 is 0 Å². The number of nitrogens with zero attached hydrogens (tertiary/aromatic N) is 7. The van der Waals surface area contributed by atoms with Crippen LogP contribution in [0, 0.1) is 22.7 Å². The Kier molecular flexibility index (Phi) is 7.57. The first-order chi connectivity index (χ1) is 27.2. The molecule has 55 heavy (non-hydrogen) atoms. The molecule has 5 heterocycles. The fourth-order valence-corrected chi connectivity index (χ4v) is 8.00. The first-order valence-corrected chi connectivity index (χ1v) is 18.1. The summed E-state index contributed by atoms with van der Waals surface area (Å²) in [6.07, 6.45) is 9.52. The second-order valence-electron chi connectivity index (χ2n) is 13.7. The van der Waals surface area contributed by atoms with Crippen LogP contribution in [0.25, 0.3) is 82.7 Å². The molecule has 10 rings (SSSR count). The summed E-state index contributed by atoms with van der Waals surface area (Å²) >= 11 is 0. The van der Waals surface area contributed by atoms with Crippen molar-refractivity contribution >= 4 is 49.6 Å². The quantitative estimate of drug-likeness (QED) is 0.177.